The van der Waals surface area contributed by atoms with Gasteiger partial charge in [-0.2, -0.15) is 0 Å². The number of likely N-dealkylation sites (tertiary alicyclic amines) is 1. The maximum atomic E-state index is 12.4. The van der Waals surface area contributed by atoms with Gasteiger partial charge < -0.3 is 15.5 Å². The summed E-state index contributed by atoms with van der Waals surface area (Å²) in [4.78, 5) is 26.1. The average Bonchev–Trinajstić information content (AvgIpc) is 2.65. The second kappa shape index (κ2) is 6.57. The van der Waals surface area contributed by atoms with E-state index >= 15 is 0 Å². The lowest BCUT2D eigenvalue weighted by Crippen LogP contribution is -2.55. The lowest BCUT2D eigenvalue weighted by atomic mass is 9.95. The molecule has 6 heteroatoms. The highest BCUT2D eigenvalue weighted by molar-refractivity contribution is 6.30. The fourth-order valence-corrected chi connectivity index (χ4v) is 3.10. The smallest absolute Gasteiger partial charge is 0.318 e. The van der Waals surface area contributed by atoms with Gasteiger partial charge in [0.15, 0.2) is 0 Å². The molecular weight excluding hydrogens is 302 g/mol. The van der Waals surface area contributed by atoms with Crippen LogP contribution in [0.3, 0.4) is 0 Å². The zero-order chi connectivity index (χ0) is 15.5. The first-order chi connectivity index (χ1) is 10.6. The minimum absolute atomic E-state index is 0.0746. The zero-order valence-electron chi connectivity index (χ0n) is 12.3. The van der Waals surface area contributed by atoms with Crippen LogP contribution >= 0.6 is 11.6 Å². The van der Waals surface area contributed by atoms with Crippen LogP contribution in [-0.4, -0.2) is 36.0 Å². The molecule has 3 rings (SSSR count). The fourth-order valence-electron chi connectivity index (χ4n) is 2.97. The predicted molar refractivity (Wildman–Crippen MR) is 84.7 cm³/mol. The Bertz CT molecular complexity index is 561. The van der Waals surface area contributed by atoms with Crippen molar-refractivity contribution in [1.82, 2.24) is 15.5 Å². The monoisotopic (exact) mass is 321 g/mol. The normalized spacial score (nSPS) is 25.0. The van der Waals surface area contributed by atoms with Crippen LogP contribution in [0.25, 0.3) is 0 Å². The molecule has 1 aromatic carbocycles. The predicted octanol–water partition coefficient (Wildman–Crippen LogP) is 2.47. The number of carbonyl (C=O) groups is 2. The molecule has 2 fully saturated rings. The van der Waals surface area contributed by atoms with E-state index in [2.05, 4.69) is 10.6 Å². The van der Waals surface area contributed by atoms with E-state index in [-0.39, 0.29) is 18.0 Å². The lowest BCUT2D eigenvalue weighted by Gasteiger charge is -2.41. The maximum absolute atomic E-state index is 12.4. The summed E-state index contributed by atoms with van der Waals surface area (Å²) in [5.41, 5.74) is 1.08. The van der Waals surface area contributed by atoms with Crippen molar-refractivity contribution in [2.75, 3.05) is 13.1 Å². The average molecular weight is 322 g/mol. The van der Waals surface area contributed by atoms with Crippen LogP contribution in [-0.2, 0) is 4.79 Å². The molecule has 0 bridgehead atoms. The minimum Gasteiger partial charge on any atom is -0.354 e. The molecule has 22 heavy (non-hydrogen) atoms. The number of carbonyl (C=O) groups excluding carboxylic acids is 2. The molecule has 2 aliphatic heterocycles. The van der Waals surface area contributed by atoms with Crippen molar-refractivity contribution in [3.63, 3.8) is 0 Å². The molecule has 2 N–H and O–H groups in total. The molecule has 2 saturated heterocycles. The first-order valence-corrected chi connectivity index (χ1v) is 8.13. The molecule has 2 aliphatic rings. The number of amides is 3. The largest absolute Gasteiger partial charge is 0.354 e. The van der Waals surface area contributed by atoms with E-state index in [1.54, 1.807) is 4.90 Å². The quantitative estimate of drug-likeness (QED) is 0.879. The van der Waals surface area contributed by atoms with E-state index in [9.17, 15) is 9.59 Å². The summed E-state index contributed by atoms with van der Waals surface area (Å²) in [6.45, 7) is 1.41. The Kier molecular flexibility index (Phi) is 4.52. The van der Waals surface area contributed by atoms with E-state index in [0.29, 0.717) is 24.5 Å². The van der Waals surface area contributed by atoms with E-state index in [1.165, 1.54) is 0 Å². The summed E-state index contributed by atoms with van der Waals surface area (Å²) in [5.74, 6) is -0.0746. The van der Waals surface area contributed by atoms with Crippen molar-refractivity contribution in [1.29, 1.82) is 0 Å². The van der Waals surface area contributed by atoms with Crippen LogP contribution in [0.4, 0.5) is 4.79 Å². The van der Waals surface area contributed by atoms with E-state index in [1.807, 2.05) is 24.3 Å². The van der Waals surface area contributed by atoms with Crippen molar-refractivity contribution in [2.24, 2.45) is 0 Å². The number of halogens is 1. The number of hydrogen-bond acceptors (Lipinski definition) is 2. The molecule has 0 aromatic heterocycles. The summed E-state index contributed by atoms with van der Waals surface area (Å²) in [7, 11) is 0. The van der Waals surface area contributed by atoms with Crippen LogP contribution in [0.1, 0.15) is 37.3 Å². The second-order valence-electron chi connectivity index (χ2n) is 5.84. The third kappa shape index (κ3) is 3.19. The number of hydrogen-bond donors (Lipinski definition) is 2. The van der Waals surface area contributed by atoms with Gasteiger partial charge in [0.05, 0.1) is 6.04 Å². The van der Waals surface area contributed by atoms with Gasteiger partial charge in [0.1, 0.15) is 6.04 Å². The standard InChI is InChI=1S/C16H20ClN3O2/c17-12-6-4-11(5-7-12)14-8-10-20(14)16(22)19-13-3-1-2-9-18-15(13)21/h4-7,13-14H,1-3,8-10H2,(H,18,21)(H,19,22)/t13-,14+/m1/s1. The lowest BCUT2D eigenvalue weighted by molar-refractivity contribution is -0.122. The van der Waals surface area contributed by atoms with Gasteiger partial charge in [-0.05, 0) is 43.4 Å². The third-order valence-corrected chi connectivity index (χ3v) is 4.62. The molecule has 0 saturated carbocycles. The Morgan fingerprint density at radius 2 is 2.00 bits per heavy atom. The van der Waals surface area contributed by atoms with Crippen molar-refractivity contribution in [2.45, 2.75) is 37.8 Å². The molecule has 2 atom stereocenters. The molecule has 3 amide bonds. The number of urea groups is 1. The fraction of sp³-hybridized carbons (Fsp3) is 0.500. The Morgan fingerprint density at radius 1 is 1.23 bits per heavy atom. The van der Waals surface area contributed by atoms with Crippen LogP contribution in [0.2, 0.25) is 5.02 Å². The van der Waals surface area contributed by atoms with Gasteiger partial charge in [0.25, 0.3) is 0 Å². The molecule has 5 nitrogen and oxygen atoms in total. The Balaban J connectivity index is 1.62. The summed E-state index contributed by atoms with van der Waals surface area (Å²) in [6, 6.07) is 7.07. The van der Waals surface area contributed by atoms with Crippen LogP contribution < -0.4 is 10.6 Å². The van der Waals surface area contributed by atoms with Gasteiger partial charge in [0, 0.05) is 18.1 Å². The number of rotatable bonds is 2. The SMILES string of the molecule is O=C1NCCCC[C@H]1NC(=O)N1CC[C@H]1c1ccc(Cl)cc1. The van der Waals surface area contributed by atoms with E-state index in [0.717, 1.165) is 24.8 Å². The van der Waals surface area contributed by atoms with Crippen LogP contribution in [0.5, 0.6) is 0 Å². The van der Waals surface area contributed by atoms with Crippen molar-refractivity contribution in [3.05, 3.63) is 34.9 Å². The van der Waals surface area contributed by atoms with E-state index < -0.39 is 6.04 Å². The minimum atomic E-state index is -0.415. The molecule has 0 radical (unpaired) electrons. The van der Waals surface area contributed by atoms with Gasteiger partial charge >= 0.3 is 6.03 Å². The first-order valence-electron chi connectivity index (χ1n) is 7.75. The molecule has 2 heterocycles. The van der Waals surface area contributed by atoms with Crippen molar-refractivity contribution < 1.29 is 9.59 Å². The van der Waals surface area contributed by atoms with Gasteiger partial charge in [-0.15, -0.1) is 0 Å². The molecule has 0 spiro atoms. The Labute approximate surface area is 135 Å². The summed E-state index contributed by atoms with van der Waals surface area (Å²) < 4.78 is 0. The second-order valence-corrected chi connectivity index (χ2v) is 6.27. The summed E-state index contributed by atoms with van der Waals surface area (Å²) >= 11 is 5.90. The van der Waals surface area contributed by atoms with Gasteiger partial charge in [-0.1, -0.05) is 23.7 Å². The molecule has 0 aliphatic carbocycles. The third-order valence-electron chi connectivity index (χ3n) is 4.37. The Morgan fingerprint density at radius 3 is 2.68 bits per heavy atom. The highest BCUT2D eigenvalue weighted by Gasteiger charge is 2.35. The summed E-state index contributed by atoms with van der Waals surface area (Å²) in [6.07, 6.45) is 3.56. The van der Waals surface area contributed by atoms with Crippen LogP contribution in [0.15, 0.2) is 24.3 Å². The number of nitrogens with zero attached hydrogens (tertiary/aromatic N) is 1. The molecule has 0 unspecified atom stereocenters. The van der Waals surface area contributed by atoms with Crippen LogP contribution in [0, 0.1) is 0 Å². The first kappa shape index (κ1) is 15.2. The Hall–Kier alpha value is -1.75. The maximum Gasteiger partial charge on any atom is 0.318 e. The topological polar surface area (TPSA) is 61.4 Å². The van der Waals surface area contributed by atoms with E-state index in [4.69, 9.17) is 11.6 Å². The van der Waals surface area contributed by atoms with Crippen molar-refractivity contribution >= 4 is 23.5 Å². The van der Waals surface area contributed by atoms with Gasteiger partial charge in [-0.25, -0.2) is 4.79 Å². The zero-order valence-corrected chi connectivity index (χ0v) is 13.1. The summed E-state index contributed by atoms with van der Waals surface area (Å²) in [5, 5.41) is 6.40. The molecule has 1 aromatic rings. The highest BCUT2D eigenvalue weighted by Crippen LogP contribution is 2.33. The van der Waals surface area contributed by atoms with Crippen molar-refractivity contribution in [3.8, 4) is 0 Å². The number of benzene rings is 1. The molecular formula is C16H20ClN3O2. The van der Waals surface area contributed by atoms with Gasteiger partial charge in [-0.3, -0.25) is 4.79 Å². The van der Waals surface area contributed by atoms with Gasteiger partial charge in [0.2, 0.25) is 5.91 Å². The highest BCUT2D eigenvalue weighted by atomic mass is 35.5. The molecule has 118 valence electrons. The number of nitrogens with one attached hydrogen (secondary N) is 2.